The first-order valence-corrected chi connectivity index (χ1v) is 6.02. The number of rotatable bonds is 2. The highest BCUT2D eigenvalue weighted by Gasteiger charge is 2.44. The van der Waals surface area contributed by atoms with Gasteiger partial charge in [0.05, 0.1) is 0 Å². The fourth-order valence-electron chi connectivity index (χ4n) is 2.12. The summed E-state index contributed by atoms with van der Waals surface area (Å²) in [6.07, 6.45) is 2.44. The zero-order valence-electron chi connectivity index (χ0n) is 8.39. The Bertz CT molecular complexity index is 511. The topological polar surface area (TPSA) is 41.8 Å². The van der Waals surface area contributed by atoms with Crippen molar-refractivity contribution in [2.24, 2.45) is 5.73 Å². The van der Waals surface area contributed by atoms with Crippen molar-refractivity contribution in [2.45, 2.75) is 18.3 Å². The zero-order valence-corrected chi connectivity index (χ0v) is 9.97. The van der Waals surface area contributed by atoms with E-state index >= 15 is 0 Å². The first kappa shape index (κ1) is 9.43. The maximum absolute atomic E-state index is 5.82. The standard InChI is InChI=1S/C12H13BrN2/c13-9-1-2-10-8(5-9)6-11(15-10)12(7-14)3-4-12/h1-2,5-6,15H,3-4,7,14H2. The Balaban J connectivity index is 2.14. The van der Waals surface area contributed by atoms with E-state index in [9.17, 15) is 0 Å². The van der Waals surface area contributed by atoms with E-state index in [0.29, 0.717) is 0 Å². The average molecular weight is 265 g/mol. The molecule has 0 radical (unpaired) electrons. The molecule has 2 aromatic rings. The lowest BCUT2D eigenvalue weighted by Gasteiger charge is -2.08. The summed E-state index contributed by atoms with van der Waals surface area (Å²) < 4.78 is 1.12. The van der Waals surface area contributed by atoms with E-state index < -0.39 is 0 Å². The summed E-state index contributed by atoms with van der Waals surface area (Å²) >= 11 is 3.49. The molecule has 1 aromatic carbocycles. The SMILES string of the molecule is NCC1(c2cc3cc(Br)ccc3[nH]2)CC1. The lowest BCUT2D eigenvalue weighted by molar-refractivity contribution is 0.686. The Kier molecular flexibility index (Phi) is 1.94. The van der Waals surface area contributed by atoms with E-state index in [0.717, 1.165) is 11.0 Å². The summed E-state index contributed by atoms with van der Waals surface area (Å²) in [4.78, 5) is 3.48. The number of fused-ring (bicyclic) bond motifs is 1. The van der Waals surface area contributed by atoms with Crippen molar-refractivity contribution in [3.05, 3.63) is 34.4 Å². The largest absolute Gasteiger partial charge is 0.358 e. The third kappa shape index (κ3) is 1.42. The Labute approximate surface area is 97.0 Å². The third-order valence-corrected chi connectivity index (χ3v) is 3.89. The summed E-state index contributed by atoms with van der Waals surface area (Å²) in [6, 6.07) is 8.54. The van der Waals surface area contributed by atoms with Gasteiger partial charge in [0.2, 0.25) is 0 Å². The lowest BCUT2D eigenvalue weighted by atomic mass is 10.0. The Morgan fingerprint density at radius 1 is 1.33 bits per heavy atom. The van der Waals surface area contributed by atoms with Crippen LogP contribution in [0.2, 0.25) is 0 Å². The molecular formula is C12H13BrN2. The summed E-state index contributed by atoms with van der Waals surface area (Å²) in [6.45, 7) is 0.751. The minimum absolute atomic E-state index is 0.255. The first-order chi connectivity index (χ1) is 7.23. The van der Waals surface area contributed by atoms with Crippen molar-refractivity contribution in [2.75, 3.05) is 6.54 Å². The van der Waals surface area contributed by atoms with Gasteiger partial charge in [-0.05, 0) is 37.1 Å². The van der Waals surface area contributed by atoms with Gasteiger partial charge in [-0.15, -0.1) is 0 Å². The summed E-state index contributed by atoms with van der Waals surface area (Å²) in [5.74, 6) is 0. The Hall–Kier alpha value is -0.800. The molecule has 0 unspecified atom stereocenters. The van der Waals surface area contributed by atoms with E-state index in [4.69, 9.17) is 5.73 Å². The summed E-state index contributed by atoms with van der Waals surface area (Å²) in [5.41, 5.74) is 8.58. The number of aromatic amines is 1. The van der Waals surface area contributed by atoms with E-state index in [1.165, 1.54) is 29.4 Å². The molecule has 1 heterocycles. The molecule has 78 valence electrons. The van der Waals surface area contributed by atoms with Gasteiger partial charge in [-0.2, -0.15) is 0 Å². The smallest absolute Gasteiger partial charge is 0.0457 e. The summed E-state index contributed by atoms with van der Waals surface area (Å²) in [7, 11) is 0. The molecule has 3 N–H and O–H groups in total. The number of nitrogens with one attached hydrogen (secondary N) is 1. The number of hydrogen-bond acceptors (Lipinski definition) is 1. The lowest BCUT2D eigenvalue weighted by Crippen LogP contribution is -2.19. The molecule has 1 aromatic heterocycles. The number of nitrogens with two attached hydrogens (primary N) is 1. The normalized spacial score (nSPS) is 18.3. The van der Waals surface area contributed by atoms with Crippen LogP contribution in [0.5, 0.6) is 0 Å². The van der Waals surface area contributed by atoms with Crippen LogP contribution in [0.1, 0.15) is 18.5 Å². The highest BCUT2D eigenvalue weighted by molar-refractivity contribution is 9.10. The third-order valence-electron chi connectivity index (χ3n) is 3.40. The molecule has 0 spiro atoms. The zero-order chi connectivity index (χ0) is 10.5. The molecule has 0 bridgehead atoms. The second-order valence-corrected chi connectivity index (χ2v) is 5.31. The van der Waals surface area contributed by atoms with Gasteiger partial charge in [-0.3, -0.25) is 0 Å². The molecule has 0 atom stereocenters. The van der Waals surface area contributed by atoms with E-state index in [1.54, 1.807) is 0 Å². The predicted molar refractivity (Wildman–Crippen MR) is 66.0 cm³/mol. The van der Waals surface area contributed by atoms with E-state index in [2.05, 4.69) is 45.2 Å². The molecule has 0 aliphatic heterocycles. The second-order valence-electron chi connectivity index (χ2n) is 4.40. The van der Waals surface area contributed by atoms with Crippen LogP contribution in [-0.4, -0.2) is 11.5 Å². The summed E-state index contributed by atoms with van der Waals surface area (Å²) in [5, 5.41) is 1.26. The minimum atomic E-state index is 0.255. The second kappa shape index (κ2) is 3.09. The van der Waals surface area contributed by atoms with Gasteiger partial charge in [0.15, 0.2) is 0 Å². The van der Waals surface area contributed by atoms with Crippen LogP contribution in [0, 0.1) is 0 Å². The predicted octanol–water partition coefficient (Wildman–Crippen LogP) is 2.92. The number of aromatic nitrogens is 1. The molecular weight excluding hydrogens is 252 g/mol. The van der Waals surface area contributed by atoms with Crippen LogP contribution in [0.25, 0.3) is 10.9 Å². The highest BCUT2D eigenvalue weighted by Crippen LogP contribution is 2.47. The molecule has 15 heavy (non-hydrogen) atoms. The van der Waals surface area contributed by atoms with Gasteiger partial charge in [0.25, 0.3) is 0 Å². The van der Waals surface area contributed by atoms with Gasteiger partial charge >= 0.3 is 0 Å². The molecule has 3 rings (SSSR count). The van der Waals surface area contributed by atoms with Crippen LogP contribution in [0.15, 0.2) is 28.7 Å². The fourth-order valence-corrected chi connectivity index (χ4v) is 2.50. The van der Waals surface area contributed by atoms with E-state index in [1.807, 2.05) is 0 Å². The molecule has 3 heteroatoms. The molecule has 1 aliphatic rings. The van der Waals surface area contributed by atoms with Crippen LogP contribution in [0.3, 0.4) is 0 Å². The van der Waals surface area contributed by atoms with Crippen molar-refractivity contribution >= 4 is 26.8 Å². The number of benzene rings is 1. The number of halogens is 1. The maximum Gasteiger partial charge on any atom is 0.0457 e. The number of H-pyrrole nitrogens is 1. The monoisotopic (exact) mass is 264 g/mol. The average Bonchev–Trinajstić information content (AvgIpc) is 2.93. The van der Waals surface area contributed by atoms with Gasteiger partial charge in [0.1, 0.15) is 0 Å². The number of hydrogen-bond donors (Lipinski definition) is 2. The molecule has 2 nitrogen and oxygen atoms in total. The molecule has 0 saturated heterocycles. The van der Waals surface area contributed by atoms with Crippen LogP contribution >= 0.6 is 15.9 Å². The minimum Gasteiger partial charge on any atom is -0.358 e. The van der Waals surface area contributed by atoms with Crippen LogP contribution in [0.4, 0.5) is 0 Å². The fraction of sp³-hybridized carbons (Fsp3) is 0.333. The van der Waals surface area contributed by atoms with Gasteiger partial charge in [-0.25, -0.2) is 0 Å². The Morgan fingerprint density at radius 2 is 2.13 bits per heavy atom. The van der Waals surface area contributed by atoms with Gasteiger partial charge in [-0.1, -0.05) is 15.9 Å². The van der Waals surface area contributed by atoms with Crippen molar-refractivity contribution in [3.8, 4) is 0 Å². The molecule has 0 amide bonds. The molecule has 1 fully saturated rings. The van der Waals surface area contributed by atoms with Crippen molar-refractivity contribution < 1.29 is 0 Å². The van der Waals surface area contributed by atoms with Gasteiger partial charge < -0.3 is 10.7 Å². The van der Waals surface area contributed by atoms with Crippen molar-refractivity contribution in [3.63, 3.8) is 0 Å². The van der Waals surface area contributed by atoms with Crippen LogP contribution in [-0.2, 0) is 5.41 Å². The van der Waals surface area contributed by atoms with Gasteiger partial charge in [0, 0.05) is 33.0 Å². The van der Waals surface area contributed by atoms with E-state index in [-0.39, 0.29) is 5.41 Å². The van der Waals surface area contributed by atoms with Crippen molar-refractivity contribution in [1.29, 1.82) is 0 Å². The maximum atomic E-state index is 5.82. The van der Waals surface area contributed by atoms with Crippen molar-refractivity contribution in [1.82, 2.24) is 4.98 Å². The first-order valence-electron chi connectivity index (χ1n) is 5.22. The quantitative estimate of drug-likeness (QED) is 0.861. The highest BCUT2D eigenvalue weighted by atomic mass is 79.9. The van der Waals surface area contributed by atoms with Crippen LogP contribution < -0.4 is 5.73 Å². The Morgan fingerprint density at radius 3 is 2.80 bits per heavy atom. The molecule has 1 aliphatic carbocycles. The molecule has 1 saturated carbocycles.